The van der Waals surface area contributed by atoms with Gasteiger partial charge in [-0.3, -0.25) is 9.59 Å². The fraction of sp³-hybridized carbons (Fsp3) is 0.280. The van der Waals surface area contributed by atoms with Gasteiger partial charge in [-0.05, 0) is 54.5 Å². The van der Waals surface area contributed by atoms with Crippen LogP contribution < -0.4 is 10.5 Å². The largest absolute Gasteiger partial charge is 0.493 e. The van der Waals surface area contributed by atoms with Gasteiger partial charge < -0.3 is 15.4 Å². The molecule has 0 bridgehead atoms. The molecule has 2 heterocycles. The van der Waals surface area contributed by atoms with E-state index in [1.54, 1.807) is 28.4 Å². The smallest absolute Gasteiger partial charge is 0.257 e. The number of primary amides is 1. The van der Waals surface area contributed by atoms with Gasteiger partial charge in [-0.1, -0.05) is 42.5 Å². The number of benzene rings is 2. The Kier molecular flexibility index (Phi) is 6.09. The van der Waals surface area contributed by atoms with Crippen molar-refractivity contribution in [3.8, 4) is 16.2 Å². The van der Waals surface area contributed by atoms with Gasteiger partial charge in [0, 0.05) is 18.0 Å². The summed E-state index contributed by atoms with van der Waals surface area (Å²) in [5, 5.41) is 2.05. The normalized spacial score (nSPS) is 18.2. The van der Waals surface area contributed by atoms with E-state index in [-0.39, 0.29) is 11.8 Å². The number of hydrogen-bond acceptors (Lipinski definition) is 4. The van der Waals surface area contributed by atoms with Crippen LogP contribution in [0.25, 0.3) is 10.4 Å². The second kappa shape index (κ2) is 8.94. The number of carbonyl (C=O) groups is 2. The van der Waals surface area contributed by atoms with E-state index in [0.29, 0.717) is 43.9 Å². The van der Waals surface area contributed by atoms with E-state index in [9.17, 15) is 9.59 Å². The average molecular weight is 435 g/mol. The first-order valence-electron chi connectivity index (χ1n) is 10.5. The van der Waals surface area contributed by atoms with Crippen LogP contribution in [0.15, 0.2) is 66.0 Å². The molecule has 6 heteroatoms. The Hall–Kier alpha value is -3.12. The number of rotatable bonds is 7. The lowest BCUT2D eigenvalue weighted by atomic mass is 9.80. The van der Waals surface area contributed by atoms with Crippen LogP contribution in [-0.4, -0.2) is 36.4 Å². The highest BCUT2D eigenvalue weighted by atomic mass is 32.1. The topological polar surface area (TPSA) is 72.6 Å². The van der Waals surface area contributed by atoms with Crippen molar-refractivity contribution in [3.63, 3.8) is 0 Å². The number of nitrogens with zero attached hydrogens (tertiary/aromatic N) is 1. The molecule has 31 heavy (non-hydrogen) atoms. The lowest BCUT2D eigenvalue weighted by Crippen LogP contribution is -2.42. The third kappa shape index (κ3) is 4.35. The van der Waals surface area contributed by atoms with Crippen LogP contribution in [-0.2, 0) is 11.2 Å². The summed E-state index contributed by atoms with van der Waals surface area (Å²) in [6, 6.07) is 19.6. The van der Waals surface area contributed by atoms with Crippen LogP contribution in [0.2, 0.25) is 0 Å². The summed E-state index contributed by atoms with van der Waals surface area (Å²) in [6.45, 7) is 3.17. The summed E-state index contributed by atoms with van der Waals surface area (Å²) < 4.78 is 5.62. The number of hydrogen-bond donors (Lipinski definition) is 1. The van der Waals surface area contributed by atoms with Crippen molar-refractivity contribution < 1.29 is 14.3 Å². The maximum atomic E-state index is 13.2. The molecule has 3 aromatic rings. The summed E-state index contributed by atoms with van der Waals surface area (Å²) in [4.78, 5) is 28.7. The minimum Gasteiger partial charge on any atom is -0.493 e. The maximum absolute atomic E-state index is 13.2. The molecule has 2 aromatic carbocycles. The fourth-order valence-electron chi connectivity index (χ4n) is 4.24. The van der Waals surface area contributed by atoms with Crippen molar-refractivity contribution in [1.29, 1.82) is 0 Å². The van der Waals surface area contributed by atoms with E-state index >= 15 is 0 Å². The molecule has 0 unspecified atom stereocenters. The zero-order chi connectivity index (χ0) is 21.8. The summed E-state index contributed by atoms with van der Waals surface area (Å²) >= 11 is 1.68. The SMILES string of the molecule is CCOc1ccccc1C(=O)N1CC[C@](Cc2cccc(-c3cccs3)c2)(C(N)=O)C1. The minimum atomic E-state index is -0.774. The second-order valence-electron chi connectivity index (χ2n) is 7.90. The van der Waals surface area contributed by atoms with E-state index in [2.05, 4.69) is 18.2 Å². The van der Waals surface area contributed by atoms with Crippen LogP contribution in [0.1, 0.15) is 29.3 Å². The van der Waals surface area contributed by atoms with Crippen LogP contribution in [0.5, 0.6) is 5.75 Å². The average Bonchev–Trinajstić information content (AvgIpc) is 3.45. The molecule has 2 N–H and O–H groups in total. The van der Waals surface area contributed by atoms with E-state index in [4.69, 9.17) is 10.5 Å². The predicted octanol–water partition coefficient (Wildman–Crippen LogP) is 4.37. The van der Waals surface area contributed by atoms with Gasteiger partial charge in [0.15, 0.2) is 0 Å². The molecule has 1 fully saturated rings. The van der Waals surface area contributed by atoms with Gasteiger partial charge in [0.25, 0.3) is 5.91 Å². The van der Waals surface area contributed by atoms with E-state index in [0.717, 1.165) is 11.1 Å². The van der Waals surface area contributed by atoms with Gasteiger partial charge >= 0.3 is 0 Å². The quantitative estimate of drug-likeness (QED) is 0.600. The molecule has 1 aliphatic rings. The van der Waals surface area contributed by atoms with Gasteiger partial charge in [0.05, 0.1) is 17.6 Å². The zero-order valence-electron chi connectivity index (χ0n) is 17.5. The molecule has 0 radical (unpaired) electrons. The Morgan fingerprint density at radius 2 is 1.97 bits per heavy atom. The van der Waals surface area contributed by atoms with Gasteiger partial charge in [-0.25, -0.2) is 0 Å². The third-order valence-corrected chi connectivity index (χ3v) is 6.78. The highest BCUT2D eigenvalue weighted by Crippen LogP contribution is 2.36. The Balaban J connectivity index is 1.56. The molecule has 1 aliphatic heterocycles. The zero-order valence-corrected chi connectivity index (χ0v) is 18.4. The molecule has 160 valence electrons. The number of carbonyl (C=O) groups excluding carboxylic acids is 2. The van der Waals surface area contributed by atoms with Gasteiger partial charge in [-0.2, -0.15) is 0 Å². The van der Waals surface area contributed by atoms with E-state index in [1.807, 2.05) is 42.6 Å². The molecule has 0 aliphatic carbocycles. The van der Waals surface area contributed by atoms with Crippen molar-refractivity contribution in [1.82, 2.24) is 4.90 Å². The Morgan fingerprint density at radius 3 is 2.71 bits per heavy atom. The van der Waals surface area contributed by atoms with Crippen molar-refractivity contribution >= 4 is 23.2 Å². The molecule has 2 amide bonds. The third-order valence-electron chi connectivity index (χ3n) is 5.86. The van der Waals surface area contributed by atoms with E-state index in [1.165, 1.54) is 4.88 Å². The monoisotopic (exact) mass is 434 g/mol. The Morgan fingerprint density at radius 1 is 1.13 bits per heavy atom. The molecule has 5 nitrogen and oxygen atoms in total. The molecule has 0 saturated carbocycles. The first-order valence-corrected chi connectivity index (χ1v) is 11.3. The molecule has 1 aromatic heterocycles. The lowest BCUT2D eigenvalue weighted by molar-refractivity contribution is -0.126. The predicted molar refractivity (Wildman–Crippen MR) is 123 cm³/mol. The number of amides is 2. The molecular formula is C25H26N2O3S. The van der Waals surface area contributed by atoms with Gasteiger partial charge in [0.2, 0.25) is 5.91 Å². The molecule has 4 rings (SSSR count). The first kappa shape index (κ1) is 21.1. The number of para-hydroxylation sites is 1. The molecular weight excluding hydrogens is 408 g/mol. The van der Waals surface area contributed by atoms with Crippen molar-refractivity contribution in [2.75, 3.05) is 19.7 Å². The Bertz CT molecular complexity index is 1080. The highest BCUT2D eigenvalue weighted by molar-refractivity contribution is 7.13. The minimum absolute atomic E-state index is 0.125. The van der Waals surface area contributed by atoms with Gasteiger partial charge in [-0.15, -0.1) is 11.3 Å². The van der Waals surface area contributed by atoms with Crippen molar-refractivity contribution in [3.05, 3.63) is 77.2 Å². The first-order chi connectivity index (χ1) is 15.0. The van der Waals surface area contributed by atoms with Crippen LogP contribution in [0, 0.1) is 5.41 Å². The van der Waals surface area contributed by atoms with Crippen molar-refractivity contribution in [2.24, 2.45) is 11.1 Å². The Labute approximate surface area is 186 Å². The van der Waals surface area contributed by atoms with Crippen LogP contribution in [0.4, 0.5) is 0 Å². The summed E-state index contributed by atoms with van der Waals surface area (Å²) in [5.74, 6) is 0.0807. The van der Waals surface area contributed by atoms with Crippen LogP contribution in [0.3, 0.4) is 0 Å². The standard InChI is InChI=1S/C25H26N2O3S/c1-2-30-21-10-4-3-9-20(21)23(28)27-13-12-25(17-27,24(26)29)16-18-7-5-8-19(15-18)22-11-6-14-31-22/h3-11,14-15H,2,12-13,16-17H2,1H3,(H2,26,29)/t25-/m1/s1. The van der Waals surface area contributed by atoms with Gasteiger partial charge in [0.1, 0.15) is 5.75 Å². The number of ether oxygens (including phenoxy) is 1. The number of likely N-dealkylation sites (tertiary alicyclic amines) is 1. The second-order valence-corrected chi connectivity index (χ2v) is 8.85. The van der Waals surface area contributed by atoms with Crippen LogP contribution >= 0.6 is 11.3 Å². The number of thiophene rings is 1. The summed E-state index contributed by atoms with van der Waals surface area (Å²) in [6.07, 6.45) is 1.06. The molecule has 1 atom stereocenters. The highest BCUT2D eigenvalue weighted by Gasteiger charge is 2.45. The molecule has 0 spiro atoms. The lowest BCUT2D eigenvalue weighted by Gasteiger charge is -2.26. The van der Waals surface area contributed by atoms with E-state index < -0.39 is 5.41 Å². The van der Waals surface area contributed by atoms with Crippen molar-refractivity contribution in [2.45, 2.75) is 19.8 Å². The number of nitrogens with two attached hydrogens (primary N) is 1. The fourth-order valence-corrected chi connectivity index (χ4v) is 4.97. The maximum Gasteiger partial charge on any atom is 0.257 e. The summed E-state index contributed by atoms with van der Waals surface area (Å²) in [7, 11) is 0. The molecule has 1 saturated heterocycles. The summed E-state index contributed by atoms with van der Waals surface area (Å²) in [5.41, 5.74) is 7.81.